The standard InChI is InChI=1S/C15H11ClFN3O/c16-10-4-3-5-11(8-10)18-9-14-19-15(20-21-14)12-6-1-2-7-13(12)17/h1-8,18H,9H2. The van der Waals surface area contributed by atoms with E-state index >= 15 is 0 Å². The highest BCUT2D eigenvalue weighted by atomic mass is 35.5. The zero-order valence-electron chi connectivity index (χ0n) is 10.9. The lowest BCUT2D eigenvalue weighted by molar-refractivity contribution is 0.384. The fourth-order valence-electron chi connectivity index (χ4n) is 1.85. The number of hydrogen-bond donors (Lipinski definition) is 1. The summed E-state index contributed by atoms with van der Waals surface area (Å²) in [4.78, 5) is 4.17. The molecule has 0 atom stereocenters. The molecule has 106 valence electrons. The Kier molecular flexibility index (Phi) is 3.83. The number of anilines is 1. The fourth-order valence-corrected chi connectivity index (χ4v) is 2.05. The van der Waals surface area contributed by atoms with Crippen LogP contribution < -0.4 is 5.32 Å². The Labute approximate surface area is 125 Å². The summed E-state index contributed by atoms with van der Waals surface area (Å²) in [6.07, 6.45) is 0. The van der Waals surface area contributed by atoms with Gasteiger partial charge in [-0.2, -0.15) is 4.98 Å². The molecule has 0 radical (unpaired) electrons. The van der Waals surface area contributed by atoms with Crippen molar-refractivity contribution in [3.05, 3.63) is 65.3 Å². The molecule has 6 heteroatoms. The second-order valence-corrected chi connectivity index (χ2v) is 4.79. The van der Waals surface area contributed by atoms with Crippen LogP contribution in [0.4, 0.5) is 10.1 Å². The summed E-state index contributed by atoms with van der Waals surface area (Å²) in [6, 6.07) is 13.6. The van der Waals surface area contributed by atoms with Gasteiger partial charge in [0.25, 0.3) is 0 Å². The van der Waals surface area contributed by atoms with Crippen LogP contribution in [0.5, 0.6) is 0 Å². The minimum Gasteiger partial charge on any atom is -0.376 e. The van der Waals surface area contributed by atoms with Crippen LogP contribution in [-0.4, -0.2) is 10.1 Å². The second-order valence-electron chi connectivity index (χ2n) is 4.36. The molecule has 0 spiro atoms. The van der Waals surface area contributed by atoms with Crippen LogP contribution in [0.2, 0.25) is 5.02 Å². The smallest absolute Gasteiger partial charge is 0.246 e. The zero-order chi connectivity index (χ0) is 14.7. The van der Waals surface area contributed by atoms with Gasteiger partial charge in [-0.05, 0) is 30.3 Å². The van der Waals surface area contributed by atoms with E-state index in [1.54, 1.807) is 30.3 Å². The Morgan fingerprint density at radius 1 is 1.14 bits per heavy atom. The molecule has 0 saturated heterocycles. The van der Waals surface area contributed by atoms with Gasteiger partial charge >= 0.3 is 0 Å². The summed E-state index contributed by atoms with van der Waals surface area (Å²) in [5, 5.41) is 7.53. The Hall–Kier alpha value is -2.40. The maximum absolute atomic E-state index is 13.6. The van der Waals surface area contributed by atoms with E-state index in [-0.39, 0.29) is 11.6 Å². The summed E-state index contributed by atoms with van der Waals surface area (Å²) in [5.41, 5.74) is 1.16. The molecular weight excluding hydrogens is 293 g/mol. The Balaban J connectivity index is 1.72. The molecule has 0 bridgehead atoms. The van der Waals surface area contributed by atoms with Crippen LogP contribution in [0, 0.1) is 5.82 Å². The maximum Gasteiger partial charge on any atom is 0.246 e. The summed E-state index contributed by atoms with van der Waals surface area (Å²) in [7, 11) is 0. The minimum atomic E-state index is -0.382. The SMILES string of the molecule is Fc1ccccc1-c1noc(CNc2cccc(Cl)c2)n1. The van der Waals surface area contributed by atoms with Crippen molar-refractivity contribution in [1.29, 1.82) is 0 Å². The van der Waals surface area contributed by atoms with E-state index in [4.69, 9.17) is 16.1 Å². The number of benzene rings is 2. The second kappa shape index (κ2) is 5.93. The molecule has 0 aliphatic rings. The molecule has 1 heterocycles. The molecule has 0 saturated carbocycles. The van der Waals surface area contributed by atoms with Gasteiger partial charge in [0.1, 0.15) is 5.82 Å². The molecule has 0 unspecified atom stereocenters. The van der Waals surface area contributed by atoms with Crippen LogP contribution in [0.1, 0.15) is 5.89 Å². The Morgan fingerprint density at radius 2 is 2.00 bits per heavy atom. The Bertz CT molecular complexity index is 760. The summed E-state index contributed by atoms with van der Waals surface area (Å²) in [5.74, 6) is 0.219. The van der Waals surface area contributed by atoms with Crippen molar-refractivity contribution in [1.82, 2.24) is 10.1 Å². The Morgan fingerprint density at radius 3 is 2.81 bits per heavy atom. The van der Waals surface area contributed by atoms with E-state index in [0.29, 0.717) is 23.0 Å². The van der Waals surface area contributed by atoms with E-state index in [0.717, 1.165) is 5.69 Å². The van der Waals surface area contributed by atoms with Gasteiger partial charge in [-0.3, -0.25) is 0 Å². The van der Waals surface area contributed by atoms with Crippen LogP contribution in [0.25, 0.3) is 11.4 Å². The predicted molar refractivity (Wildman–Crippen MR) is 78.5 cm³/mol. The first-order valence-corrected chi connectivity index (χ1v) is 6.67. The van der Waals surface area contributed by atoms with Gasteiger partial charge in [0.15, 0.2) is 0 Å². The first-order chi connectivity index (χ1) is 10.2. The highest BCUT2D eigenvalue weighted by Crippen LogP contribution is 2.20. The molecule has 0 aliphatic carbocycles. The third-order valence-electron chi connectivity index (χ3n) is 2.85. The molecular formula is C15H11ClFN3O. The average Bonchev–Trinajstić information content (AvgIpc) is 2.94. The molecule has 1 N–H and O–H groups in total. The lowest BCUT2D eigenvalue weighted by Crippen LogP contribution is -1.99. The van der Waals surface area contributed by atoms with E-state index in [2.05, 4.69) is 15.5 Å². The summed E-state index contributed by atoms with van der Waals surface area (Å²) < 4.78 is 18.7. The fraction of sp³-hybridized carbons (Fsp3) is 0.0667. The van der Waals surface area contributed by atoms with Crippen molar-refractivity contribution < 1.29 is 8.91 Å². The predicted octanol–water partition coefficient (Wildman–Crippen LogP) is 4.14. The third kappa shape index (κ3) is 3.20. The van der Waals surface area contributed by atoms with Crippen LogP contribution >= 0.6 is 11.6 Å². The van der Waals surface area contributed by atoms with Crippen LogP contribution in [-0.2, 0) is 6.54 Å². The number of nitrogens with one attached hydrogen (secondary N) is 1. The van der Waals surface area contributed by atoms with Crippen molar-refractivity contribution in [2.45, 2.75) is 6.54 Å². The molecule has 0 amide bonds. The minimum absolute atomic E-state index is 0.232. The highest BCUT2D eigenvalue weighted by Gasteiger charge is 2.11. The first kappa shape index (κ1) is 13.6. The number of hydrogen-bond acceptors (Lipinski definition) is 4. The molecule has 0 aliphatic heterocycles. The van der Waals surface area contributed by atoms with E-state index < -0.39 is 0 Å². The summed E-state index contributed by atoms with van der Waals surface area (Å²) in [6.45, 7) is 0.335. The molecule has 21 heavy (non-hydrogen) atoms. The topological polar surface area (TPSA) is 51.0 Å². The van der Waals surface area contributed by atoms with Crippen molar-refractivity contribution in [2.24, 2.45) is 0 Å². The lowest BCUT2D eigenvalue weighted by atomic mass is 10.2. The van der Waals surface area contributed by atoms with Gasteiger partial charge in [0.2, 0.25) is 11.7 Å². The number of rotatable bonds is 4. The maximum atomic E-state index is 13.6. The normalized spacial score (nSPS) is 10.6. The van der Waals surface area contributed by atoms with Crippen molar-refractivity contribution in [2.75, 3.05) is 5.32 Å². The third-order valence-corrected chi connectivity index (χ3v) is 3.09. The van der Waals surface area contributed by atoms with Crippen LogP contribution in [0.15, 0.2) is 53.1 Å². The largest absolute Gasteiger partial charge is 0.376 e. The van der Waals surface area contributed by atoms with E-state index in [9.17, 15) is 4.39 Å². The molecule has 0 fully saturated rings. The number of aromatic nitrogens is 2. The average molecular weight is 304 g/mol. The molecule has 3 aromatic rings. The quantitative estimate of drug-likeness (QED) is 0.787. The monoisotopic (exact) mass is 303 g/mol. The van der Waals surface area contributed by atoms with E-state index in [1.165, 1.54) is 6.07 Å². The van der Waals surface area contributed by atoms with Gasteiger partial charge in [-0.1, -0.05) is 35.0 Å². The van der Waals surface area contributed by atoms with Gasteiger partial charge in [-0.25, -0.2) is 4.39 Å². The van der Waals surface area contributed by atoms with Crippen molar-refractivity contribution in [3.8, 4) is 11.4 Å². The van der Waals surface area contributed by atoms with Gasteiger partial charge < -0.3 is 9.84 Å². The molecule has 3 rings (SSSR count). The highest BCUT2D eigenvalue weighted by molar-refractivity contribution is 6.30. The van der Waals surface area contributed by atoms with E-state index in [1.807, 2.05) is 12.1 Å². The van der Waals surface area contributed by atoms with Gasteiger partial charge in [0.05, 0.1) is 12.1 Å². The van der Waals surface area contributed by atoms with Gasteiger partial charge in [-0.15, -0.1) is 0 Å². The molecule has 4 nitrogen and oxygen atoms in total. The molecule has 2 aromatic carbocycles. The zero-order valence-corrected chi connectivity index (χ0v) is 11.6. The summed E-state index contributed by atoms with van der Waals surface area (Å²) >= 11 is 5.90. The van der Waals surface area contributed by atoms with Crippen molar-refractivity contribution in [3.63, 3.8) is 0 Å². The van der Waals surface area contributed by atoms with Crippen molar-refractivity contribution >= 4 is 17.3 Å². The number of halogens is 2. The first-order valence-electron chi connectivity index (χ1n) is 6.29. The van der Waals surface area contributed by atoms with Gasteiger partial charge in [0, 0.05) is 10.7 Å². The molecule has 1 aromatic heterocycles. The number of nitrogens with zero attached hydrogens (tertiary/aromatic N) is 2. The lowest BCUT2D eigenvalue weighted by Gasteiger charge is -2.02. The van der Waals surface area contributed by atoms with Crippen LogP contribution in [0.3, 0.4) is 0 Å².